The van der Waals surface area contributed by atoms with Gasteiger partial charge in [0.2, 0.25) is 5.91 Å². The highest BCUT2D eigenvalue weighted by Gasteiger charge is 2.30. The molecule has 124 valence electrons. The van der Waals surface area contributed by atoms with Crippen molar-refractivity contribution in [3.8, 4) is 0 Å². The zero-order valence-electron chi connectivity index (χ0n) is 13.7. The maximum Gasteiger partial charge on any atom is 0.317 e. The highest BCUT2D eigenvalue weighted by atomic mass is 32.2. The molecule has 1 N–H and O–H groups in total. The Kier molecular flexibility index (Phi) is 4.53. The molecule has 0 saturated carbocycles. The Morgan fingerprint density at radius 3 is 2.91 bits per heavy atom. The zero-order chi connectivity index (χ0) is 16.4. The summed E-state index contributed by atoms with van der Waals surface area (Å²) >= 11 is 1.90. The largest absolute Gasteiger partial charge is 0.336 e. The lowest BCUT2D eigenvalue weighted by Gasteiger charge is -2.37. The van der Waals surface area contributed by atoms with E-state index in [4.69, 9.17) is 0 Å². The quantitative estimate of drug-likeness (QED) is 0.922. The molecule has 0 spiro atoms. The van der Waals surface area contributed by atoms with Crippen molar-refractivity contribution in [3.05, 3.63) is 29.8 Å². The van der Waals surface area contributed by atoms with E-state index in [1.165, 1.54) is 0 Å². The minimum absolute atomic E-state index is 0.0293. The summed E-state index contributed by atoms with van der Waals surface area (Å²) in [5, 5.41) is 2.95. The zero-order valence-corrected chi connectivity index (χ0v) is 14.5. The summed E-state index contributed by atoms with van der Waals surface area (Å²) in [5.74, 6) is 1.08. The van der Waals surface area contributed by atoms with Crippen LogP contribution in [0.15, 0.2) is 24.3 Å². The first-order valence-electron chi connectivity index (χ1n) is 8.01. The highest BCUT2D eigenvalue weighted by Crippen LogP contribution is 2.29. The van der Waals surface area contributed by atoms with E-state index in [9.17, 15) is 9.59 Å². The number of hydrogen-bond acceptors (Lipinski definition) is 3. The third kappa shape index (κ3) is 3.63. The second-order valence-electron chi connectivity index (χ2n) is 6.61. The van der Waals surface area contributed by atoms with Crippen LogP contribution in [0.5, 0.6) is 0 Å². The number of amides is 3. The second kappa shape index (κ2) is 6.43. The number of thioether (sulfide) groups is 1. The number of urea groups is 1. The molecule has 6 heteroatoms. The van der Waals surface area contributed by atoms with E-state index >= 15 is 0 Å². The molecule has 0 aliphatic carbocycles. The number of anilines is 1. The van der Waals surface area contributed by atoms with Crippen LogP contribution in [0.2, 0.25) is 0 Å². The Morgan fingerprint density at radius 1 is 1.35 bits per heavy atom. The van der Waals surface area contributed by atoms with Crippen LogP contribution < -0.4 is 10.2 Å². The SMILES string of the molecule is CC1(C)CN(C(=O)NCCN2C(=O)Cc3ccccc32)CCS1. The summed E-state index contributed by atoms with van der Waals surface area (Å²) < 4.78 is 0.111. The summed E-state index contributed by atoms with van der Waals surface area (Å²) in [4.78, 5) is 28.0. The molecule has 2 heterocycles. The maximum atomic E-state index is 12.3. The highest BCUT2D eigenvalue weighted by molar-refractivity contribution is 8.00. The summed E-state index contributed by atoms with van der Waals surface area (Å²) in [5.41, 5.74) is 2.04. The van der Waals surface area contributed by atoms with Crippen molar-refractivity contribution in [2.24, 2.45) is 0 Å². The van der Waals surface area contributed by atoms with Crippen molar-refractivity contribution in [1.82, 2.24) is 10.2 Å². The molecule has 3 rings (SSSR count). The fraction of sp³-hybridized carbons (Fsp3) is 0.529. The van der Waals surface area contributed by atoms with Crippen LogP contribution in [0.3, 0.4) is 0 Å². The molecule has 2 aliphatic heterocycles. The summed E-state index contributed by atoms with van der Waals surface area (Å²) in [7, 11) is 0. The van der Waals surface area contributed by atoms with Crippen LogP contribution in [0.1, 0.15) is 19.4 Å². The molecule has 3 amide bonds. The van der Waals surface area contributed by atoms with Crippen LogP contribution in [0, 0.1) is 0 Å². The summed E-state index contributed by atoms with van der Waals surface area (Å²) in [6.07, 6.45) is 0.460. The monoisotopic (exact) mass is 333 g/mol. The molecule has 0 unspecified atom stereocenters. The van der Waals surface area contributed by atoms with Gasteiger partial charge in [0, 0.05) is 42.4 Å². The molecular weight excluding hydrogens is 310 g/mol. The fourth-order valence-corrected chi connectivity index (χ4v) is 4.25. The van der Waals surface area contributed by atoms with Crippen LogP contribution in [0.4, 0.5) is 10.5 Å². The van der Waals surface area contributed by atoms with Crippen molar-refractivity contribution in [2.75, 3.05) is 36.8 Å². The van der Waals surface area contributed by atoms with Gasteiger partial charge in [0.15, 0.2) is 0 Å². The van der Waals surface area contributed by atoms with Crippen LogP contribution in [0.25, 0.3) is 0 Å². The third-order valence-corrected chi connectivity index (χ3v) is 5.55. The van der Waals surface area contributed by atoms with Gasteiger partial charge in [0.05, 0.1) is 6.42 Å². The number of benzene rings is 1. The smallest absolute Gasteiger partial charge is 0.317 e. The summed E-state index contributed by atoms with van der Waals surface area (Å²) in [6.45, 7) is 6.87. The first-order valence-corrected chi connectivity index (χ1v) is 9.00. The van der Waals surface area contributed by atoms with E-state index in [1.807, 2.05) is 40.9 Å². The van der Waals surface area contributed by atoms with Gasteiger partial charge in [-0.25, -0.2) is 4.79 Å². The first kappa shape index (κ1) is 16.2. The molecule has 0 bridgehead atoms. The normalized spacial score (nSPS) is 19.7. The van der Waals surface area contributed by atoms with Gasteiger partial charge < -0.3 is 15.1 Å². The molecule has 0 aromatic heterocycles. The lowest BCUT2D eigenvalue weighted by Crippen LogP contribution is -2.51. The molecule has 23 heavy (non-hydrogen) atoms. The van der Waals surface area contributed by atoms with Crippen molar-refractivity contribution in [1.29, 1.82) is 0 Å². The standard InChI is InChI=1S/C17H23N3O2S/c1-17(2)12-19(9-10-23-17)16(22)18-7-8-20-14-6-4-3-5-13(14)11-15(20)21/h3-6H,7-12H2,1-2H3,(H,18,22). The van der Waals surface area contributed by atoms with E-state index in [1.54, 1.807) is 4.90 Å². The third-order valence-electron chi connectivity index (χ3n) is 4.25. The molecule has 2 aliphatic rings. The van der Waals surface area contributed by atoms with E-state index in [0.29, 0.717) is 19.5 Å². The van der Waals surface area contributed by atoms with Crippen LogP contribution >= 0.6 is 11.8 Å². The lowest BCUT2D eigenvalue weighted by molar-refractivity contribution is -0.117. The van der Waals surface area contributed by atoms with E-state index in [2.05, 4.69) is 19.2 Å². The van der Waals surface area contributed by atoms with Gasteiger partial charge >= 0.3 is 6.03 Å². The Morgan fingerprint density at radius 2 is 2.13 bits per heavy atom. The Balaban J connectivity index is 1.52. The minimum atomic E-state index is -0.0293. The maximum absolute atomic E-state index is 12.3. The number of fused-ring (bicyclic) bond motifs is 1. The van der Waals surface area contributed by atoms with Gasteiger partial charge in [0.25, 0.3) is 0 Å². The Hall–Kier alpha value is -1.69. The second-order valence-corrected chi connectivity index (χ2v) is 8.41. The van der Waals surface area contributed by atoms with Crippen molar-refractivity contribution in [2.45, 2.75) is 25.0 Å². The molecule has 1 aromatic carbocycles. The first-order chi connectivity index (χ1) is 11.0. The van der Waals surface area contributed by atoms with E-state index in [-0.39, 0.29) is 16.7 Å². The Bertz CT molecular complexity index is 618. The molecule has 1 aromatic rings. The van der Waals surface area contributed by atoms with Gasteiger partial charge in [-0.3, -0.25) is 4.79 Å². The van der Waals surface area contributed by atoms with Crippen LogP contribution in [-0.4, -0.2) is 53.5 Å². The van der Waals surface area contributed by atoms with Gasteiger partial charge in [-0.1, -0.05) is 18.2 Å². The van der Waals surface area contributed by atoms with Gasteiger partial charge in [-0.05, 0) is 25.5 Å². The van der Waals surface area contributed by atoms with Gasteiger partial charge in [-0.2, -0.15) is 11.8 Å². The number of carbonyl (C=O) groups is 2. The number of para-hydroxylation sites is 1. The van der Waals surface area contributed by atoms with Crippen molar-refractivity contribution >= 4 is 29.4 Å². The molecular formula is C17H23N3O2S. The average Bonchev–Trinajstić information content (AvgIpc) is 2.82. The van der Waals surface area contributed by atoms with Crippen molar-refractivity contribution in [3.63, 3.8) is 0 Å². The van der Waals surface area contributed by atoms with E-state index in [0.717, 1.165) is 30.1 Å². The predicted molar refractivity (Wildman–Crippen MR) is 94.0 cm³/mol. The molecule has 1 saturated heterocycles. The number of rotatable bonds is 3. The molecule has 1 fully saturated rings. The topological polar surface area (TPSA) is 52.7 Å². The number of hydrogen-bond donors (Lipinski definition) is 1. The average molecular weight is 333 g/mol. The predicted octanol–water partition coefficient (Wildman–Crippen LogP) is 2.11. The summed E-state index contributed by atoms with van der Waals surface area (Å²) in [6, 6.07) is 7.81. The minimum Gasteiger partial charge on any atom is -0.336 e. The van der Waals surface area contributed by atoms with Gasteiger partial charge in [-0.15, -0.1) is 0 Å². The van der Waals surface area contributed by atoms with Gasteiger partial charge in [0.1, 0.15) is 0 Å². The van der Waals surface area contributed by atoms with E-state index < -0.39 is 0 Å². The molecule has 0 atom stereocenters. The number of carbonyl (C=O) groups excluding carboxylic acids is 2. The fourth-order valence-electron chi connectivity index (χ4n) is 3.14. The molecule has 0 radical (unpaired) electrons. The van der Waals surface area contributed by atoms with Crippen molar-refractivity contribution < 1.29 is 9.59 Å². The number of nitrogens with zero attached hydrogens (tertiary/aromatic N) is 2. The lowest BCUT2D eigenvalue weighted by atomic mass is 10.2. The number of nitrogens with one attached hydrogen (secondary N) is 1. The Labute approximate surface area is 141 Å². The molecule has 5 nitrogen and oxygen atoms in total. The van der Waals surface area contributed by atoms with Crippen LogP contribution in [-0.2, 0) is 11.2 Å².